The first kappa shape index (κ1) is 13.1. The van der Waals surface area contributed by atoms with E-state index in [1.807, 2.05) is 6.07 Å². The largest absolute Gasteiger partial charge is 0.348 e. The Morgan fingerprint density at radius 3 is 2.50 bits per heavy atom. The van der Waals surface area contributed by atoms with Crippen molar-refractivity contribution in [2.24, 2.45) is 5.92 Å². The van der Waals surface area contributed by atoms with Crippen LogP contribution in [-0.2, 0) is 6.54 Å². The monoisotopic (exact) mass is 245 g/mol. The van der Waals surface area contributed by atoms with Crippen LogP contribution in [0.15, 0.2) is 24.3 Å². The van der Waals surface area contributed by atoms with Crippen LogP contribution in [0.5, 0.6) is 0 Å². The van der Waals surface area contributed by atoms with Gasteiger partial charge in [0.25, 0.3) is 0 Å². The molecule has 3 heteroatoms. The van der Waals surface area contributed by atoms with Crippen LogP contribution < -0.4 is 0 Å². The molecule has 98 valence electrons. The molecule has 0 aliphatic carbocycles. The second-order valence-electron chi connectivity index (χ2n) is 5.71. The van der Waals surface area contributed by atoms with E-state index in [-0.39, 0.29) is 0 Å². The van der Waals surface area contributed by atoms with E-state index in [1.54, 1.807) is 0 Å². The molecule has 1 aliphatic rings. The molecule has 0 amide bonds. The number of amidine groups is 1. The molecule has 0 saturated carbocycles. The number of likely N-dealkylation sites (N-methyl/N-ethyl adjacent to an activating group) is 1. The van der Waals surface area contributed by atoms with Crippen molar-refractivity contribution in [1.82, 2.24) is 9.80 Å². The molecule has 1 unspecified atom stereocenters. The van der Waals surface area contributed by atoms with Crippen molar-refractivity contribution in [3.63, 3.8) is 0 Å². The number of hydrogen-bond acceptors (Lipinski definition) is 2. The first-order valence-electron chi connectivity index (χ1n) is 6.59. The van der Waals surface area contributed by atoms with Crippen LogP contribution in [0, 0.1) is 11.3 Å². The molecule has 0 spiro atoms. The molecule has 0 bridgehead atoms. The number of fused-ring (bicyclic) bond motifs is 1. The summed E-state index contributed by atoms with van der Waals surface area (Å²) >= 11 is 0. The lowest BCUT2D eigenvalue weighted by Gasteiger charge is -2.34. The van der Waals surface area contributed by atoms with Gasteiger partial charge in [-0.25, -0.2) is 0 Å². The van der Waals surface area contributed by atoms with E-state index in [4.69, 9.17) is 5.41 Å². The van der Waals surface area contributed by atoms with Crippen LogP contribution in [0.25, 0.3) is 0 Å². The standard InChI is InChI=1S/C15H23N3/c1-11(2)14(10-17(3)4)18-9-12-7-5-6-8-13(12)15(18)16/h5-8,11,14,16H,9-10H2,1-4H3. The summed E-state index contributed by atoms with van der Waals surface area (Å²) in [7, 11) is 4.20. The van der Waals surface area contributed by atoms with Crippen molar-refractivity contribution in [1.29, 1.82) is 5.41 Å². The fraction of sp³-hybridized carbons (Fsp3) is 0.533. The zero-order valence-corrected chi connectivity index (χ0v) is 11.8. The average Bonchev–Trinajstić information content (AvgIpc) is 2.64. The maximum absolute atomic E-state index is 8.36. The summed E-state index contributed by atoms with van der Waals surface area (Å²) in [5.41, 5.74) is 2.38. The minimum Gasteiger partial charge on any atom is -0.348 e. The van der Waals surface area contributed by atoms with E-state index < -0.39 is 0 Å². The summed E-state index contributed by atoms with van der Waals surface area (Å²) in [5.74, 6) is 1.23. The fourth-order valence-electron chi connectivity index (χ4n) is 2.63. The van der Waals surface area contributed by atoms with Crippen molar-refractivity contribution < 1.29 is 0 Å². The highest BCUT2D eigenvalue weighted by molar-refractivity contribution is 6.00. The van der Waals surface area contributed by atoms with Crippen LogP contribution in [0.2, 0.25) is 0 Å². The third-order valence-electron chi connectivity index (χ3n) is 3.62. The molecule has 1 aromatic rings. The predicted octanol–water partition coefficient (Wildman–Crippen LogP) is 2.41. The predicted molar refractivity (Wildman–Crippen MR) is 76.0 cm³/mol. The van der Waals surface area contributed by atoms with Gasteiger partial charge < -0.3 is 9.80 Å². The summed E-state index contributed by atoms with van der Waals surface area (Å²) in [4.78, 5) is 4.45. The molecular weight excluding hydrogens is 222 g/mol. The van der Waals surface area contributed by atoms with Crippen LogP contribution in [0.1, 0.15) is 25.0 Å². The topological polar surface area (TPSA) is 30.3 Å². The van der Waals surface area contributed by atoms with Gasteiger partial charge in [0.05, 0.1) is 0 Å². The summed E-state index contributed by atoms with van der Waals surface area (Å²) in [5, 5.41) is 8.36. The normalized spacial score (nSPS) is 16.6. The molecule has 2 rings (SSSR count). The Morgan fingerprint density at radius 2 is 1.94 bits per heavy atom. The Bertz CT molecular complexity index is 437. The lowest BCUT2D eigenvalue weighted by atomic mass is 10.0. The van der Waals surface area contributed by atoms with Gasteiger partial charge in [-0.1, -0.05) is 38.1 Å². The van der Waals surface area contributed by atoms with Crippen LogP contribution in [-0.4, -0.2) is 42.3 Å². The highest BCUT2D eigenvalue weighted by Crippen LogP contribution is 2.26. The van der Waals surface area contributed by atoms with Gasteiger partial charge in [-0.15, -0.1) is 0 Å². The molecule has 1 N–H and O–H groups in total. The molecule has 1 atom stereocenters. The van der Waals surface area contributed by atoms with E-state index in [1.165, 1.54) is 5.56 Å². The van der Waals surface area contributed by atoms with Gasteiger partial charge in [-0.3, -0.25) is 5.41 Å². The van der Waals surface area contributed by atoms with Gasteiger partial charge in [0.2, 0.25) is 0 Å². The van der Waals surface area contributed by atoms with E-state index in [0.29, 0.717) is 17.8 Å². The first-order chi connectivity index (χ1) is 8.50. The van der Waals surface area contributed by atoms with Crippen LogP contribution in [0.3, 0.4) is 0 Å². The number of nitrogens with one attached hydrogen (secondary N) is 1. The van der Waals surface area contributed by atoms with Crippen molar-refractivity contribution in [2.75, 3.05) is 20.6 Å². The third-order valence-corrected chi connectivity index (χ3v) is 3.62. The van der Waals surface area contributed by atoms with E-state index >= 15 is 0 Å². The highest BCUT2D eigenvalue weighted by atomic mass is 15.2. The number of nitrogens with zero attached hydrogens (tertiary/aromatic N) is 2. The summed E-state index contributed by atoms with van der Waals surface area (Å²) in [6, 6.07) is 8.68. The highest BCUT2D eigenvalue weighted by Gasteiger charge is 2.31. The van der Waals surface area contributed by atoms with Gasteiger partial charge in [-0.05, 0) is 25.6 Å². The zero-order chi connectivity index (χ0) is 13.3. The second kappa shape index (κ2) is 5.11. The Hall–Kier alpha value is -1.35. The lowest BCUT2D eigenvalue weighted by Crippen LogP contribution is -2.45. The lowest BCUT2D eigenvalue weighted by molar-refractivity contribution is 0.195. The minimum atomic E-state index is 0.403. The molecule has 3 nitrogen and oxygen atoms in total. The van der Waals surface area contributed by atoms with Gasteiger partial charge >= 0.3 is 0 Å². The average molecular weight is 245 g/mol. The van der Waals surface area contributed by atoms with E-state index in [9.17, 15) is 0 Å². The van der Waals surface area contributed by atoms with Crippen molar-refractivity contribution in [3.05, 3.63) is 35.4 Å². The van der Waals surface area contributed by atoms with E-state index in [0.717, 1.165) is 18.7 Å². The van der Waals surface area contributed by atoms with Gasteiger partial charge in [0, 0.05) is 24.7 Å². The molecule has 1 aromatic carbocycles. The molecule has 0 aromatic heterocycles. The van der Waals surface area contributed by atoms with E-state index in [2.05, 4.69) is 55.9 Å². The first-order valence-corrected chi connectivity index (χ1v) is 6.59. The Kier molecular flexibility index (Phi) is 3.71. The van der Waals surface area contributed by atoms with Crippen molar-refractivity contribution >= 4 is 5.84 Å². The molecule has 1 heterocycles. The SMILES string of the molecule is CC(C)C(CN(C)C)N1Cc2ccccc2C1=N. The van der Waals surface area contributed by atoms with Gasteiger partial charge in [0.1, 0.15) is 5.84 Å². The summed E-state index contributed by atoms with van der Waals surface area (Å²) in [6.45, 7) is 6.36. The maximum atomic E-state index is 8.36. The zero-order valence-electron chi connectivity index (χ0n) is 11.8. The molecule has 18 heavy (non-hydrogen) atoms. The molecule has 1 aliphatic heterocycles. The smallest absolute Gasteiger partial charge is 0.129 e. The maximum Gasteiger partial charge on any atom is 0.129 e. The number of hydrogen-bond donors (Lipinski definition) is 1. The van der Waals surface area contributed by atoms with Gasteiger partial charge in [0.15, 0.2) is 0 Å². The Labute approximate surface area is 110 Å². The molecule has 0 saturated heterocycles. The minimum absolute atomic E-state index is 0.403. The van der Waals surface area contributed by atoms with Crippen molar-refractivity contribution in [2.45, 2.75) is 26.4 Å². The van der Waals surface area contributed by atoms with Crippen LogP contribution in [0.4, 0.5) is 0 Å². The fourth-order valence-corrected chi connectivity index (χ4v) is 2.63. The van der Waals surface area contributed by atoms with Gasteiger partial charge in [-0.2, -0.15) is 0 Å². The number of benzene rings is 1. The molecular formula is C15H23N3. The van der Waals surface area contributed by atoms with Crippen molar-refractivity contribution in [3.8, 4) is 0 Å². The van der Waals surface area contributed by atoms with Crippen LogP contribution >= 0.6 is 0 Å². The molecule has 0 radical (unpaired) electrons. The second-order valence-corrected chi connectivity index (χ2v) is 5.71. The quantitative estimate of drug-likeness (QED) is 0.883. The molecule has 0 fully saturated rings. The Morgan fingerprint density at radius 1 is 1.28 bits per heavy atom. The third kappa shape index (κ3) is 2.41. The number of rotatable bonds is 4. The summed E-state index contributed by atoms with van der Waals surface area (Å²) < 4.78 is 0. The summed E-state index contributed by atoms with van der Waals surface area (Å²) in [6.07, 6.45) is 0. The Balaban J connectivity index is 2.23.